The number of aryl methyl sites for hydroxylation is 1. The average molecular weight is 386 g/mol. The molecule has 4 nitrogen and oxygen atoms in total. The molecule has 5 rings (SSSR count). The van der Waals surface area contributed by atoms with E-state index in [1.54, 1.807) is 0 Å². The van der Waals surface area contributed by atoms with Crippen molar-refractivity contribution < 1.29 is 4.79 Å². The molecule has 1 amide bonds. The van der Waals surface area contributed by atoms with Crippen LogP contribution >= 0.6 is 0 Å². The van der Waals surface area contributed by atoms with Gasteiger partial charge in [0.2, 0.25) is 5.91 Å². The Balaban J connectivity index is 1.32. The number of nitrogens with zero attached hydrogens (tertiary/aromatic N) is 3. The summed E-state index contributed by atoms with van der Waals surface area (Å²) in [4.78, 5) is 20.1. The predicted octanol–water partition coefficient (Wildman–Crippen LogP) is 4.75. The molecule has 0 bridgehead atoms. The lowest BCUT2D eigenvalue weighted by Crippen LogP contribution is -2.44. The topological polar surface area (TPSA) is 38.1 Å². The number of benzene rings is 2. The van der Waals surface area contributed by atoms with Gasteiger partial charge in [-0.15, -0.1) is 0 Å². The predicted molar refractivity (Wildman–Crippen MR) is 115 cm³/mol. The Hall–Kier alpha value is -2.88. The van der Waals surface area contributed by atoms with Crippen molar-refractivity contribution in [3.63, 3.8) is 0 Å². The van der Waals surface area contributed by atoms with Crippen molar-refractivity contribution in [2.24, 2.45) is 0 Å². The van der Waals surface area contributed by atoms with E-state index in [9.17, 15) is 4.79 Å². The van der Waals surface area contributed by atoms with E-state index in [1.807, 2.05) is 30.5 Å². The number of imidazole rings is 1. The second kappa shape index (κ2) is 7.18. The highest BCUT2D eigenvalue weighted by Crippen LogP contribution is 2.50. The Morgan fingerprint density at radius 1 is 0.966 bits per heavy atom. The third-order valence-electron chi connectivity index (χ3n) is 6.62. The van der Waals surface area contributed by atoms with Gasteiger partial charge in [-0.2, -0.15) is 0 Å². The minimum Gasteiger partial charge on any atom is -0.342 e. The molecule has 2 fully saturated rings. The number of carbonyl (C=O) groups is 1. The number of hydrogen-bond donors (Lipinski definition) is 0. The van der Waals surface area contributed by atoms with Crippen molar-refractivity contribution in [3.8, 4) is 11.4 Å². The fraction of sp³-hybridized carbons (Fsp3) is 0.360. The first-order chi connectivity index (χ1) is 14.2. The van der Waals surface area contributed by atoms with Crippen LogP contribution in [0.2, 0.25) is 0 Å². The van der Waals surface area contributed by atoms with Crippen molar-refractivity contribution in [1.29, 1.82) is 0 Å². The molecular weight excluding hydrogens is 358 g/mol. The third-order valence-corrected chi connectivity index (χ3v) is 6.62. The van der Waals surface area contributed by atoms with Crippen molar-refractivity contribution in [2.45, 2.75) is 44.1 Å². The molecule has 0 spiro atoms. The molecule has 0 unspecified atom stereocenters. The van der Waals surface area contributed by atoms with Gasteiger partial charge in [-0.05, 0) is 38.2 Å². The van der Waals surface area contributed by atoms with Crippen molar-refractivity contribution in [2.75, 3.05) is 13.1 Å². The summed E-state index contributed by atoms with van der Waals surface area (Å²) >= 11 is 0. The van der Waals surface area contributed by atoms with Crippen LogP contribution in [-0.2, 0) is 10.2 Å². The number of piperidine rings is 1. The van der Waals surface area contributed by atoms with Crippen LogP contribution in [0, 0.1) is 6.92 Å². The summed E-state index contributed by atoms with van der Waals surface area (Å²) in [6, 6.07) is 21.1. The zero-order valence-corrected chi connectivity index (χ0v) is 16.9. The van der Waals surface area contributed by atoms with E-state index in [0.717, 1.165) is 50.2 Å². The molecule has 0 atom stereocenters. The summed E-state index contributed by atoms with van der Waals surface area (Å²) in [5.41, 5.74) is 3.27. The fourth-order valence-corrected chi connectivity index (χ4v) is 4.85. The summed E-state index contributed by atoms with van der Waals surface area (Å²) in [5, 5.41) is 0. The summed E-state index contributed by atoms with van der Waals surface area (Å²) in [7, 11) is 0. The van der Waals surface area contributed by atoms with Crippen LogP contribution in [0.4, 0.5) is 0 Å². The van der Waals surface area contributed by atoms with Gasteiger partial charge in [0.25, 0.3) is 0 Å². The van der Waals surface area contributed by atoms with Gasteiger partial charge in [0.15, 0.2) is 0 Å². The van der Waals surface area contributed by atoms with E-state index in [2.05, 4.69) is 57.8 Å². The number of carbonyl (C=O) groups excluding carboxylic acids is 1. The molecule has 4 heteroatoms. The maximum Gasteiger partial charge on any atom is 0.233 e. The Labute approximate surface area is 172 Å². The van der Waals surface area contributed by atoms with E-state index in [4.69, 9.17) is 0 Å². The fourth-order valence-electron chi connectivity index (χ4n) is 4.85. The van der Waals surface area contributed by atoms with Gasteiger partial charge in [0.05, 0.1) is 5.41 Å². The van der Waals surface area contributed by atoms with Gasteiger partial charge >= 0.3 is 0 Å². The normalized spacial score (nSPS) is 18.6. The van der Waals surface area contributed by atoms with Crippen molar-refractivity contribution in [1.82, 2.24) is 14.5 Å². The number of rotatable bonds is 4. The quantitative estimate of drug-likeness (QED) is 0.650. The molecule has 2 aromatic carbocycles. The lowest BCUT2D eigenvalue weighted by molar-refractivity contribution is -0.135. The minimum absolute atomic E-state index is 0.256. The zero-order chi connectivity index (χ0) is 19.8. The van der Waals surface area contributed by atoms with Gasteiger partial charge in [-0.25, -0.2) is 4.98 Å². The molecule has 0 radical (unpaired) electrons. The van der Waals surface area contributed by atoms with Gasteiger partial charge < -0.3 is 9.47 Å². The molecule has 1 aliphatic carbocycles. The molecule has 2 heterocycles. The maximum absolute atomic E-state index is 13.3. The largest absolute Gasteiger partial charge is 0.342 e. The van der Waals surface area contributed by atoms with Crippen molar-refractivity contribution in [3.05, 3.63) is 78.1 Å². The number of amides is 1. The van der Waals surface area contributed by atoms with Crippen LogP contribution in [-0.4, -0.2) is 33.4 Å². The zero-order valence-electron chi connectivity index (χ0n) is 16.9. The van der Waals surface area contributed by atoms with Gasteiger partial charge in [0.1, 0.15) is 5.82 Å². The maximum atomic E-state index is 13.3. The minimum atomic E-state index is -0.256. The van der Waals surface area contributed by atoms with Crippen LogP contribution in [0.25, 0.3) is 11.4 Å². The van der Waals surface area contributed by atoms with Crippen LogP contribution in [0.5, 0.6) is 0 Å². The smallest absolute Gasteiger partial charge is 0.233 e. The van der Waals surface area contributed by atoms with E-state index < -0.39 is 0 Å². The summed E-state index contributed by atoms with van der Waals surface area (Å²) in [6.07, 6.45) is 5.89. The van der Waals surface area contributed by atoms with Gasteiger partial charge in [0, 0.05) is 36.6 Å². The van der Waals surface area contributed by atoms with Gasteiger partial charge in [-0.1, -0.05) is 60.7 Å². The molecule has 1 aliphatic heterocycles. The second-order valence-electron chi connectivity index (χ2n) is 8.43. The van der Waals surface area contributed by atoms with Crippen LogP contribution in [0.1, 0.15) is 43.0 Å². The Bertz CT molecular complexity index is 997. The van der Waals surface area contributed by atoms with Crippen molar-refractivity contribution >= 4 is 5.91 Å². The monoisotopic (exact) mass is 385 g/mol. The summed E-state index contributed by atoms with van der Waals surface area (Å²) in [5.74, 6) is 1.36. The van der Waals surface area contributed by atoms with Crippen LogP contribution in [0.15, 0.2) is 66.9 Å². The standard InChI is InChI=1S/C25H27N3O/c1-19-18-26-23(20-8-4-2-5-9-20)28(19)22-12-16-27(17-13-22)24(29)25(14-15-25)21-10-6-3-7-11-21/h2-11,18,22H,12-17H2,1H3. The van der Waals surface area contributed by atoms with E-state index >= 15 is 0 Å². The lowest BCUT2D eigenvalue weighted by Gasteiger charge is -2.36. The first-order valence-electron chi connectivity index (χ1n) is 10.6. The second-order valence-corrected chi connectivity index (χ2v) is 8.43. The molecule has 1 saturated carbocycles. The number of hydrogen-bond acceptors (Lipinski definition) is 2. The van der Waals surface area contributed by atoms with Crippen LogP contribution in [0.3, 0.4) is 0 Å². The number of likely N-dealkylation sites (tertiary alicyclic amines) is 1. The summed E-state index contributed by atoms with van der Waals surface area (Å²) in [6.45, 7) is 3.78. The highest BCUT2D eigenvalue weighted by molar-refractivity contribution is 5.91. The van der Waals surface area contributed by atoms with E-state index in [1.165, 1.54) is 11.3 Å². The highest BCUT2D eigenvalue weighted by atomic mass is 16.2. The number of aromatic nitrogens is 2. The molecule has 2 aliphatic rings. The molecule has 1 saturated heterocycles. The van der Waals surface area contributed by atoms with Crippen LogP contribution < -0.4 is 0 Å². The molecule has 148 valence electrons. The van der Waals surface area contributed by atoms with E-state index in [0.29, 0.717) is 11.9 Å². The van der Waals surface area contributed by atoms with Gasteiger partial charge in [-0.3, -0.25) is 4.79 Å². The molecule has 1 aromatic heterocycles. The molecular formula is C25H27N3O. The Kier molecular flexibility index (Phi) is 4.50. The molecule has 29 heavy (non-hydrogen) atoms. The summed E-state index contributed by atoms with van der Waals surface area (Å²) < 4.78 is 2.38. The third kappa shape index (κ3) is 3.17. The first-order valence-corrected chi connectivity index (χ1v) is 10.6. The Morgan fingerprint density at radius 3 is 2.21 bits per heavy atom. The van der Waals surface area contributed by atoms with E-state index in [-0.39, 0.29) is 5.41 Å². The molecule has 0 N–H and O–H groups in total. The average Bonchev–Trinajstić information content (AvgIpc) is 3.51. The highest BCUT2D eigenvalue weighted by Gasteiger charge is 2.53. The Morgan fingerprint density at radius 2 is 1.59 bits per heavy atom. The lowest BCUT2D eigenvalue weighted by atomic mass is 9.93. The first kappa shape index (κ1) is 18.2. The SMILES string of the molecule is Cc1cnc(-c2ccccc2)n1C1CCN(C(=O)C2(c3ccccc3)CC2)CC1. The molecule has 3 aromatic rings.